The summed E-state index contributed by atoms with van der Waals surface area (Å²) >= 11 is 0. The van der Waals surface area contributed by atoms with Crippen molar-refractivity contribution in [2.45, 2.75) is 19.1 Å². The minimum absolute atomic E-state index is 0. The Morgan fingerprint density at radius 1 is 1.20 bits per heavy atom. The second-order valence-electron chi connectivity index (χ2n) is 4.74. The Morgan fingerprint density at radius 2 is 1.80 bits per heavy atom. The fourth-order valence-corrected chi connectivity index (χ4v) is 2.39. The molecule has 1 fully saturated rings. The van der Waals surface area contributed by atoms with Gasteiger partial charge in [-0.2, -0.15) is 13.2 Å². The first kappa shape index (κ1) is 17.2. The van der Waals surface area contributed by atoms with Crippen LogP contribution in [0.5, 0.6) is 0 Å². The maximum Gasteiger partial charge on any atom is 0.408 e. The number of alkyl halides is 3. The van der Waals surface area contributed by atoms with Gasteiger partial charge in [-0.1, -0.05) is 12.1 Å². The molecular formula is C13H17ClF4N2. The molecule has 0 unspecified atom stereocenters. The van der Waals surface area contributed by atoms with E-state index in [1.54, 1.807) is 0 Å². The summed E-state index contributed by atoms with van der Waals surface area (Å²) in [5.41, 5.74) is 0.343. The van der Waals surface area contributed by atoms with Gasteiger partial charge in [-0.05, 0) is 24.1 Å². The number of nitrogens with one attached hydrogen (secondary N) is 1. The van der Waals surface area contributed by atoms with Crippen LogP contribution in [0.1, 0.15) is 17.2 Å². The Kier molecular flexibility index (Phi) is 5.79. The number of benzene rings is 1. The van der Waals surface area contributed by atoms with Crippen molar-refractivity contribution in [2.24, 2.45) is 0 Å². The van der Waals surface area contributed by atoms with Gasteiger partial charge in [-0.15, -0.1) is 12.4 Å². The zero-order valence-electron chi connectivity index (χ0n) is 11.0. The van der Waals surface area contributed by atoms with E-state index in [0.29, 0.717) is 26.2 Å². The lowest BCUT2D eigenvalue weighted by molar-refractivity contribution is -0.187. The van der Waals surface area contributed by atoms with E-state index in [2.05, 4.69) is 5.32 Å². The quantitative estimate of drug-likeness (QED) is 0.844. The van der Waals surface area contributed by atoms with Crippen LogP contribution in [-0.4, -0.2) is 37.3 Å². The standard InChI is InChI=1S/C13H16F4N2.ClH/c1-9-8-10(2-3-11(9)14)12(13(15,16)17)19-6-4-18-5-7-19;/h2-3,8,12,18H,4-7H2,1H3;1H/t12-;/m1./s1. The van der Waals surface area contributed by atoms with Crippen molar-refractivity contribution in [3.63, 3.8) is 0 Å². The minimum atomic E-state index is -4.36. The van der Waals surface area contributed by atoms with Crippen LogP contribution in [0.2, 0.25) is 0 Å². The van der Waals surface area contributed by atoms with Gasteiger partial charge in [0.05, 0.1) is 0 Å². The monoisotopic (exact) mass is 312 g/mol. The highest BCUT2D eigenvalue weighted by atomic mass is 35.5. The van der Waals surface area contributed by atoms with E-state index in [1.165, 1.54) is 24.0 Å². The molecule has 2 nitrogen and oxygen atoms in total. The van der Waals surface area contributed by atoms with E-state index in [9.17, 15) is 17.6 Å². The summed E-state index contributed by atoms with van der Waals surface area (Å²) in [6.07, 6.45) is -4.36. The molecule has 1 heterocycles. The van der Waals surface area contributed by atoms with Crippen LogP contribution in [0.4, 0.5) is 17.6 Å². The number of nitrogens with zero attached hydrogens (tertiary/aromatic N) is 1. The number of piperazine rings is 1. The first-order valence-corrected chi connectivity index (χ1v) is 6.17. The lowest BCUT2D eigenvalue weighted by atomic mass is 10.0. The molecule has 1 aromatic carbocycles. The molecule has 1 atom stereocenters. The molecule has 0 aromatic heterocycles. The van der Waals surface area contributed by atoms with Gasteiger partial charge in [0.2, 0.25) is 0 Å². The molecule has 1 aliphatic heterocycles. The Morgan fingerprint density at radius 3 is 2.30 bits per heavy atom. The van der Waals surface area contributed by atoms with E-state index >= 15 is 0 Å². The van der Waals surface area contributed by atoms with Crippen molar-refractivity contribution in [1.82, 2.24) is 10.2 Å². The van der Waals surface area contributed by atoms with Crippen molar-refractivity contribution in [3.05, 3.63) is 35.1 Å². The van der Waals surface area contributed by atoms with E-state index in [-0.39, 0.29) is 23.5 Å². The maximum absolute atomic E-state index is 13.3. The van der Waals surface area contributed by atoms with Gasteiger partial charge in [0.25, 0.3) is 0 Å². The van der Waals surface area contributed by atoms with E-state index < -0.39 is 18.0 Å². The zero-order chi connectivity index (χ0) is 14.0. The summed E-state index contributed by atoms with van der Waals surface area (Å²) in [6, 6.07) is 1.96. The number of hydrogen-bond acceptors (Lipinski definition) is 2. The second-order valence-corrected chi connectivity index (χ2v) is 4.74. The van der Waals surface area contributed by atoms with E-state index in [0.717, 1.165) is 6.07 Å². The third-order valence-corrected chi connectivity index (χ3v) is 3.32. The number of hydrogen-bond donors (Lipinski definition) is 1. The van der Waals surface area contributed by atoms with Crippen LogP contribution in [-0.2, 0) is 0 Å². The average molecular weight is 313 g/mol. The number of halogens is 5. The molecule has 0 amide bonds. The topological polar surface area (TPSA) is 15.3 Å². The van der Waals surface area contributed by atoms with Crippen molar-refractivity contribution >= 4 is 12.4 Å². The largest absolute Gasteiger partial charge is 0.408 e. The molecular weight excluding hydrogens is 296 g/mol. The fourth-order valence-electron chi connectivity index (χ4n) is 2.39. The molecule has 7 heteroatoms. The Balaban J connectivity index is 0.00000200. The van der Waals surface area contributed by atoms with Crippen LogP contribution in [0, 0.1) is 12.7 Å². The molecule has 2 rings (SSSR count). The van der Waals surface area contributed by atoms with E-state index in [4.69, 9.17) is 0 Å². The van der Waals surface area contributed by atoms with Crippen LogP contribution in [0.3, 0.4) is 0 Å². The van der Waals surface area contributed by atoms with Gasteiger partial charge in [-0.25, -0.2) is 4.39 Å². The normalized spacial score (nSPS) is 18.4. The first-order chi connectivity index (χ1) is 8.89. The van der Waals surface area contributed by atoms with Gasteiger partial charge >= 0.3 is 6.18 Å². The molecule has 0 spiro atoms. The summed E-state index contributed by atoms with van der Waals surface area (Å²) in [5, 5.41) is 3.02. The van der Waals surface area contributed by atoms with Gasteiger partial charge in [0.1, 0.15) is 11.9 Å². The molecule has 0 bridgehead atoms. The predicted molar refractivity (Wildman–Crippen MR) is 71.6 cm³/mol. The highest BCUT2D eigenvalue weighted by Gasteiger charge is 2.44. The smallest absolute Gasteiger partial charge is 0.314 e. The first-order valence-electron chi connectivity index (χ1n) is 6.17. The van der Waals surface area contributed by atoms with Crippen molar-refractivity contribution < 1.29 is 17.6 Å². The number of aryl methyl sites for hydroxylation is 1. The van der Waals surface area contributed by atoms with E-state index in [1.807, 2.05) is 0 Å². The Labute approximate surface area is 121 Å². The molecule has 0 radical (unpaired) electrons. The highest BCUT2D eigenvalue weighted by Crippen LogP contribution is 2.38. The average Bonchev–Trinajstić information content (AvgIpc) is 2.34. The van der Waals surface area contributed by atoms with Crippen LogP contribution in [0.15, 0.2) is 18.2 Å². The molecule has 114 valence electrons. The summed E-state index contributed by atoms with van der Waals surface area (Å²) < 4.78 is 53.0. The van der Waals surface area contributed by atoms with Crippen molar-refractivity contribution in [1.29, 1.82) is 0 Å². The minimum Gasteiger partial charge on any atom is -0.314 e. The summed E-state index contributed by atoms with van der Waals surface area (Å²) in [7, 11) is 0. The SMILES string of the molecule is Cc1cc([C@@H](N2CCNCC2)C(F)(F)F)ccc1F.Cl. The Bertz CT molecular complexity index is 444. The Hall–Kier alpha value is -0.850. The fraction of sp³-hybridized carbons (Fsp3) is 0.538. The maximum atomic E-state index is 13.3. The lowest BCUT2D eigenvalue weighted by Crippen LogP contribution is -2.49. The third-order valence-electron chi connectivity index (χ3n) is 3.32. The van der Waals surface area contributed by atoms with Gasteiger partial charge in [0, 0.05) is 26.2 Å². The van der Waals surface area contributed by atoms with Crippen LogP contribution < -0.4 is 5.32 Å². The third kappa shape index (κ3) is 3.84. The molecule has 20 heavy (non-hydrogen) atoms. The van der Waals surface area contributed by atoms with Crippen molar-refractivity contribution in [3.8, 4) is 0 Å². The van der Waals surface area contributed by atoms with Gasteiger partial charge in [0.15, 0.2) is 0 Å². The molecule has 0 aliphatic carbocycles. The van der Waals surface area contributed by atoms with Crippen LogP contribution in [0.25, 0.3) is 0 Å². The highest BCUT2D eigenvalue weighted by molar-refractivity contribution is 5.85. The van der Waals surface area contributed by atoms with Gasteiger partial charge < -0.3 is 5.32 Å². The van der Waals surface area contributed by atoms with Gasteiger partial charge in [-0.3, -0.25) is 4.90 Å². The zero-order valence-corrected chi connectivity index (χ0v) is 11.8. The summed E-state index contributed by atoms with van der Waals surface area (Å²) in [4.78, 5) is 1.39. The van der Waals surface area contributed by atoms with Crippen molar-refractivity contribution in [2.75, 3.05) is 26.2 Å². The second kappa shape index (κ2) is 6.74. The molecule has 0 saturated carbocycles. The number of rotatable bonds is 2. The molecule has 1 saturated heterocycles. The lowest BCUT2D eigenvalue weighted by Gasteiger charge is -2.36. The molecule has 1 N–H and O–H groups in total. The molecule has 1 aliphatic rings. The summed E-state index contributed by atoms with van der Waals surface area (Å²) in [6.45, 7) is 3.21. The van der Waals surface area contributed by atoms with Crippen LogP contribution >= 0.6 is 12.4 Å². The molecule has 1 aromatic rings. The predicted octanol–water partition coefficient (Wildman–Crippen LogP) is 3.06. The summed E-state index contributed by atoms with van der Waals surface area (Å²) in [5.74, 6) is -0.481.